The Morgan fingerprint density at radius 1 is 1.90 bits per heavy atom. The first kappa shape index (κ1) is 7.08. The van der Waals surface area contributed by atoms with E-state index in [0.29, 0.717) is 0 Å². The number of aryl methyl sites for hydroxylation is 1. The third kappa shape index (κ3) is 0.974. The second kappa shape index (κ2) is 2.30. The summed E-state index contributed by atoms with van der Waals surface area (Å²) >= 11 is 5.44. The van der Waals surface area contributed by atoms with Crippen molar-refractivity contribution in [3.05, 3.63) is 16.9 Å². The quantitative estimate of drug-likeness (QED) is 0.552. The van der Waals surface area contributed by atoms with Crippen molar-refractivity contribution in [2.75, 3.05) is 0 Å². The van der Waals surface area contributed by atoms with Crippen LogP contribution in [0.15, 0.2) is 6.20 Å². The van der Waals surface area contributed by atoms with Crippen molar-refractivity contribution in [3.8, 4) is 0 Å². The monoisotopic (exact) mass is 159 g/mol. The number of aromatic nitrogens is 2. The molecular formula is C5H4ClN2O2-. The van der Waals surface area contributed by atoms with E-state index < -0.39 is 5.97 Å². The number of carboxylic acids is 1. The van der Waals surface area contributed by atoms with Gasteiger partial charge in [0.2, 0.25) is 0 Å². The maximum atomic E-state index is 10.2. The van der Waals surface area contributed by atoms with Gasteiger partial charge in [-0.2, -0.15) is 5.10 Å². The molecule has 4 nitrogen and oxygen atoms in total. The maximum absolute atomic E-state index is 10.2. The van der Waals surface area contributed by atoms with E-state index in [1.165, 1.54) is 13.2 Å². The van der Waals surface area contributed by atoms with E-state index in [9.17, 15) is 9.90 Å². The Balaban J connectivity index is 3.23. The summed E-state index contributed by atoms with van der Waals surface area (Å²) in [5.41, 5.74) is -0.0957. The van der Waals surface area contributed by atoms with Gasteiger partial charge in [0.15, 0.2) is 0 Å². The highest BCUT2D eigenvalue weighted by Gasteiger charge is 2.05. The summed E-state index contributed by atoms with van der Waals surface area (Å²) in [5, 5.41) is 13.9. The fraction of sp³-hybridized carbons (Fsp3) is 0.200. The average molecular weight is 160 g/mol. The van der Waals surface area contributed by atoms with Crippen LogP contribution in [0.25, 0.3) is 0 Å². The van der Waals surface area contributed by atoms with Crippen LogP contribution in [0.1, 0.15) is 10.5 Å². The van der Waals surface area contributed by atoms with Crippen molar-refractivity contribution in [1.29, 1.82) is 0 Å². The molecule has 0 aliphatic carbocycles. The van der Waals surface area contributed by atoms with Crippen LogP contribution in [-0.2, 0) is 7.05 Å². The molecule has 0 fully saturated rings. The maximum Gasteiger partial charge on any atom is 0.102 e. The van der Waals surface area contributed by atoms with Gasteiger partial charge in [0.1, 0.15) is 5.69 Å². The molecule has 0 bridgehead atoms. The van der Waals surface area contributed by atoms with Gasteiger partial charge in [0.05, 0.1) is 17.2 Å². The average Bonchev–Trinajstić information content (AvgIpc) is 2.11. The van der Waals surface area contributed by atoms with E-state index in [0.717, 1.165) is 4.68 Å². The third-order valence-electron chi connectivity index (χ3n) is 1.09. The lowest BCUT2D eigenvalue weighted by molar-refractivity contribution is -0.255. The number of rotatable bonds is 1. The fourth-order valence-electron chi connectivity index (χ4n) is 0.640. The molecule has 1 rings (SSSR count). The predicted molar refractivity (Wildman–Crippen MR) is 32.5 cm³/mol. The molecular weight excluding hydrogens is 156 g/mol. The standard InChI is InChI=1S/C5H5ClN2O2/c1-8-4(5(9)10)3(6)2-7-8/h2H,1H3,(H,9,10)/p-1. The van der Waals surface area contributed by atoms with Crippen molar-refractivity contribution in [2.24, 2.45) is 7.05 Å². The van der Waals surface area contributed by atoms with Crippen molar-refractivity contribution in [2.45, 2.75) is 0 Å². The lowest BCUT2D eigenvalue weighted by atomic mass is 10.4. The number of hydrogen-bond acceptors (Lipinski definition) is 3. The number of halogens is 1. The van der Waals surface area contributed by atoms with Crippen LogP contribution in [0.3, 0.4) is 0 Å². The molecule has 0 spiro atoms. The lowest BCUT2D eigenvalue weighted by Crippen LogP contribution is -2.25. The number of carbonyl (C=O) groups excluding carboxylic acids is 1. The van der Waals surface area contributed by atoms with Crippen LogP contribution < -0.4 is 5.11 Å². The number of carboxylic acid groups (broad SMARTS) is 1. The van der Waals surface area contributed by atoms with E-state index in [4.69, 9.17) is 11.6 Å². The van der Waals surface area contributed by atoms with Gasteiger partial charge in [-0.25, -0.2) is 0 Å². The van der Waals surface area contributed by atoms with Crippen LogP contribution in [-0.4, -0.2) is 15.7 Å². The van der Waals surface area contributed by atoms with Gasteiger partial charge >= 0.3 is 0 Å². The Kier molecular flexibility index (Phi) is 1.63. The van der Waals surface area contributed by atoms with Crippen LogP contribution in [0, 0.1) is 0 Å². The molecule has 0 atom stereocenters. The van der Waals surface area contributed by atoms with E-state index >= 15 is 0 Å². The molecule has 54 valence electrons. The molecule has 0 saturated heterocycles. The zero-order valence-corrected chi connectivity index (χ0v) is 5.92. The van der Waals surface area contributed by atoms with E-state index in [1.54, 1.807) is 0 Å². The summed E-state index contributed by atoms with van der Waals surface area (Å²) in [6.45, 7) is 0. The molecule has 0 amide bonds. The van der Waals surface area contributed by atoms with Crippen molar-refractivity contribution in [3.63, 3.8) is 0 Å². The first-order valence-corrected chi connectivity index (χ1v) is 2.89. The van der Waals surface area contributed by atoms with Gasteiger partial charge in [0.25, 0.3) is 0 Å². The topological polar surface area (TPSA) is 58.0 Å². The Bertz CT molecular complexity index is 249. The number of carbonyl (C=O) groups is 1. The molecule has 0 radical (unpaired) electrons. The summed E-state index contributed by atoms with van der Waals surface area (Å²) in [6.07, 6.45) is 1.26. The Labute approximate surface area is 62.0 Å². The van der Waals surface area contributed by atoms with Crippen molar-refractivity contribution >= 4 is 17.6 Å². The highest BCUT2D eigenvalue weighted by Crippen LogP contribution is 2.11. The lowest BCUT2D eigenvalue weighted by Gasteiger charge is -2.01. The number of aromatic carboxylic acids is 1. The summed E-state index contributed by atoms with van der Waals surface area (Å²) in [7, 11) is 1.48. The van der Waals surface area contributed by atoms with E-state index in [-0.39, 0.29) is 10.7 Å². The molecule has 0 aromatic carbocycles. The van der Waals surface area contributed by atoms with Crippen molar-refractivity contribution in [1.82, 2.24) is 9.78 Å². The number of nitrogens with zero attached hydrogens (tertiary/aromatic N) is 2. The zero-order valence-electron chi connectivity index (χ0n) is 5.17. The van der Waals surface area contributed by atoms with Crippen LogP contribution in [0.2, 0.25) is 5.02 Å². The largest absolute Gasteiger partial charge is 0.543 e. The highest BCUT2D eigenvalue weighted by molar-refractivity contribution is 6.33. The molecule has 10 heavy (non-hydrogen) atoms. The minimum Gasteiger partial charge on any atom is -0.543 e. The third-order valence-corrected chi connectivity index (χ3v) is 1.36. The van der Waals surface area contributed by atoms with E-state index in [2.05, 4.69) is 5.10 Å². The summed E-state index contributed by atoms with van der Waals surface area (Å²) in [5.74, 6) is -1.31. The molecule has 0 unspecified atom stereocenters. The SMILES string of the molecule is Cn1ncc(Cl)c1C(=O)[O-]. The first-order valence-electron chi connectivity index (χ1n) is 2.51. The fourth-order valence-corrected chi connectivity index (χ4v) is 0.883. The van der Waals surface area contributed by atoms with Crippen LogP contribution in [0.4, 0.5) is 0 Å². The summed E-state index contributed by atoms with van der Waals surface area (Å²) < 4.78 is 1.15. The van der Waals surface area contributed by atoms with Gasteiger partial charge in [-0.3, -0.25) is 4.68 Å². The first-order chi connectivity index (χ1) is 4.63. The van der Waals surface area contributed by atoms with Gasteiger partial charge in [0, 0.05) is 7.05 Å². The molecule has 1 heterocycles. The van der Waals surface area contributed by atoms with Gasteiger partial charge in [-0.05, 0) is 0 Å². The molecule has 0 aliphatic heterocycles. The molecule has 5 heteroatoms. The Morgan fingerprint density at radius 3 is 2.70 bits per heavy atom. The molecule has 0 N–H and O–H groups in total. The molecule has 0 saturated carbocycles. The van der Waals surface area contributed by atoms with Crippen molar-refractivity contribution < 1.29 is 9.90 Å². The van der Waals surface area contributed by atoms with Crippen LogP contribution >= 0.6 is 11.6 Å². The summed E-state index contributed by atoms with van der Waals surface area (Å²) in [4.78, 5) is 10.2. The summed E-state index contributed by atoms with van der Waals surface area (Å²) in [6, 6.07) is 0. The van der Waals surface area contributed by atoms with Gasteiger partial charge < -0.3 is 9.90 Å². The minimum atomic E-state index is -1.31. The molecule has 1 aromatic rings. The van der Waals surface area contributed by atoms with E-state index in [1.807, 2.05) is 0 Å². The number of hydrogen-bond donors (Lipinski definition) is 0. The normalized spacial score (nSPS) is 9.80. The molecule has 0 aliphatic rings. The second-order valence-corrected chi connectivity index (χ2v) is 2.16. The van der Waals surface area contributed by atoms with Gasteiger partial charge in [-0.15, -0.1) is 0 Å². The molecule has 1 aromatic heterocycles. The highest BCUT2D eigenvalue weighted by atomic mass is 35.5. The van der Waals surface area contributed by atoms with Crippen LogP contribution in [0.5, 0.6) is 0 Å². The smallest absolute Gasteiger partial charge is 0.102 e. The zero-order chi connectivity index (χ0) is 7.72. The Morgan fingerprint density at radius 2 is 2.50 bits per heavy atom. The Hall–Kier alpha value is -1.03. The predicted octanol–water partition coefficient (Wildman–Crippen LogP) is -0.563. The second-order valence-electron chi connectivity index (χ2n) is 1.75. The minimum absolute atomic E-state index is 0.0957. The van der Waals surface area contributed by atoms with Gasteiger partial charge in [-0.1, -0.05) is 11.6 Å².